The highest BCUT2D eigenvalue weighted by Crippen LogP contribution is 2.36. The molecule has 126 valence electrons. The molecule has 2 aromatic carbocycles. The molecule has 1 aliphatic heterocycles. The van der Waals surface area contributed by atoms with E-state index in [1.54, 1.807) is 12.0 Å². The zero-order valence-corrected chi connectivity index (χ0v) is 13.8. The van der Waals surface area contributed by atoms with E-state index in [1.807, 2.05) is 54.6 Å². The van der Waals surface area contributed by atoms with Crippen molar-refractivity contribution in [3.8, 4) is 17.1 Å². The SMILES string of the molecule is COc1ccccc1N1CC(c2nc(-c3ccccc3)no2)CC1=O. The van der Waals surface area contributed by atoms with Gasteiger partial charge in [-0.15, -0.1) is 0 Å². The Morgan fingerprint density at radius 2 is 1.88 bits per heavy atom. The van der Waals surface area contributed by atoms with Crippen LogP contribution in [-0.4, -0.2) is 29.7 Å². The van der Waals surface area contributed by atoms with E-state index < -0.39 is 0 Å². The molecular formula is C19H17N3O3. The van der Waals surface area contributed by atoms with Gasteiger partial charge in [0.05, 0.1) is 18.7 Å². The number of benzene rings is 2. The summed E-state index contributed by atoms with van der Waals surface area (Å²) in [6.45, 7) is 0.496. The fraction of sp³-hybridized carbons (Fsp3) is 0.211. The van der Waals surface area contributed by atoms with Gasteiger partial charge in [-0.1, -0.05) is 47.6 Å². The van der Waals surface area contributed by atoms with E-state index in [4.69, 9.17) is 9.26 Å². The number of hydrogen-bond donors (Lipinski definition) is 0. The van der Waals surface area contributed by atoms with Gasteiger partial charge >= 0.3 is 0 Å². The highest BCUT2D eigenvalue weighted by Gasteiger charge is 2.36. The number of methoxy groups -OCH3 is 1. The average Bonchev–Trinajstić information content (AvgIpc) is 3.29. The lowest BCUT2D eigenvalue weighted by Gasteiger charge is -2.18. The number of anilines is 1. The molecule has 1 fully saturated rings. The molecule has 1 aromatic heterocycles. The highest BCUT2D eigenvalue weighted by molar-refractivity contribution is 5.97. The molecule has 1 amide bonds. The Labute approximate surface area is 145 Å². The molecule has 0 N–H and O–H groups in total. The Hall–Kier alpha value is -3.15. The van der Waals surface area contributed by atoms with Crippen LogP contribution in [0.2, 0.25) is 0 Å². The Morgan fingerprint density at radius 3 is 2.68 bits per heavy atom. The van der Waals surface area contributed by atoms with Crippen LogP contribution in [0.25, 0.3) is 11.4 Å². The second-order valence-electron chi connectivity index (χ2n) is 5.90. The van der Waals surface area contributed by atoms with Gasteiger partial charge in [-0.05, 0) is 12.1 Å². The molecule has 2 heterocycles. The van der Waals surface area contributed by atoms with E-state index in [0.29, 0.717) is 30.4 Å². The standard InChI is InChI=1S/C19H17N3O3/c1-24-16-10-6-5-9-15(16)22-12-14(11-17(22)23)19-20-18(21-25-19)13-7-3-2-4-8-13/h2-10,14H,11-12H2,1H3. The molecule has 0 bridgehead atoms. The third-order valence-electron chi connectivity index (χ3n) is 4.32. The van der Waals surface area contributed by atoms with Crippen LogP contribution in [0.3, 0.4) is 0 Å². The zero-order chi connectivity index (χ0) is 17.2. The van der Waals surface area contributed by atoms with E-state index in [1.165, 1.54) is 0 Å². The van der Waals surface area contributed by atoms with Gasteiger partial charge in [-0.25, -0.2) is 0 Å². The number of ether oxygens (including phenoxy) is 1. The van der Waals surface area contributed by atoms with E-state index in [9.17, 15) is 4.79 Å². The summed E-state index contributed by atoms with van der Waals surface area (Å²) in [5.74, 6) is 1.60. The topological polar surface area (TPSA) is 68.5 Å². The van der Waals surface area contributed by atoms with Crippen LogP contribution in [-0.2, 0) is 4.79 Å². The molecule has 1 saturated heterocycles. The molecule has 0 saturated carbocycles. The van der Waals surface area contributed by atoms with Crippen molar-refractivity contribution in [3.05, 3.63) is 60.5 Å². The first-order valence-corrected chi connectivity index (χ1v) is 8.08. The molecule has 1 aliphatic rings. The summed E-state index contributed by atoms with van der Waals surface area (Å²) < 4.78 is 10.8. The van der Waals surface area contributed by atoms with Crippen molar-refractivity contribution in [1.29, 1.82) is 0 Å². The molecule has 0 radical (unpaired) electrons. The lowest BCUT2D eigenvalue weighted by Crippen LogP contribution is -2.24. The van der Waals surface area contributed by atoms with Gasteiger partial charge < -0.3 is 14.2 Å². The van der Waals surface area contributed by atoms with Gasteiger partial charge in [0.25, 0.3) is 0 Å². The van der Waals surface area contributed by atoms with E-state index in [-0.39, 0.29) is 11.8 Å². The third kappa shape index (κ3) is 2.87. The second kappa shape index (κ2) is 6.39. The fourth-order valence-corrected chi connectivity index (χ4v) is 3.06. The number of aromatic nitrogens is 2. The molecule has 1 unspecified atom stereocenters. The van der Waals surface area contributed by atoms with Gasteiger partial charge in [-0.2, -0.15) is 4.98 Å². The molecule has 0 spiro atoms. The van der Waals surface area contributed by atoms with Gasteiger partial charge in [0.1, 0.15) is 5.75 Å². The van der Waals surface area contributed by atoms with Crippen molar-refractivity contribution in [2.45, 2.75) is 12.3 Å². The number of rotatable bonds is 4. The van der Waals surface area contributed by atoms with Crippen molar-refractivity contribution in [3.63, 3.8) is 0 Å². The van der Waals surface area contributed by atoms with Crippen molar-refractivity contribution in [1.82, 2.24) is 10.1 Å². The van der Waals surface area contributed by atoms with Crippen molar-refractivity contribution >= 4 is 11.6 Å². The van der Waals surface area contributed by atoms with Gasteiger partial charge in [-0.3, -0.25) is 4.79 Å². The Balaban J connectivity index is 1.58. The largest absolute Gasteiger partial charge is 0.495 e. The van der Waals surface area contributed by atoms with Gasteiger partial charge in [0, 0.05) is 18.5 Å². The average molecular weight is 335 g/mol. The summed E-state index contributed by atoms with van der Waals surface area (Å²) in [6.07, 6.45) is 0.342. The molecular weight excluding hydrogens is 318 g/mol. The summed E-state index contributed by atoms with van der Waals surface area (Å²) in [6, 6.07) is 17.1. The smallest absolute Gasteiger partial charge is 0.232 e. The maximum atomic E-state index is 12.5. The van der Waals surface area contributed by atoms with Crippen LogP contribution in [0, 0.1) is 0 Å². The molecule has 6 heteroatoms. The maximum absolute atomic E-state index is 12.5. The predicted molar refractivity (Wildman–Crippen MR) is 92.4 cm³/mol. The van der Waals surface area contributed by atoms with E-state index in [2.05, 4.69) is 10.1 Å². The van der Waals surface area contributed by atoms with E-state index >= 15 is 0 Å². The van der Waals surface area contributed by atoms with E-state index in [0.717, 1.165) is 11.3 Å². The van der Waals surface area contributed by atoms with Crippen molar-refractivity contribution in [2.75, 3.05) is 18.6 Å². The number of carbonyl (C=O) groups is 1. The molecule has 6 nitrogen and oxygen atoms in total. The summed E-state index contributed by atoms with van der Waals surface area (Å²) in [5, 5.41) is 4.05. The lowest BCUT2D eigenvalue weighted by molar-refractivity contribution is -0.117. The van der Waals surface area contributed by atoms with Crippen molar-refractivity contribution < 1.29 is 14.1 Å². The number of carbonyl (C=O) groups excluding carboxylic acids is 1. The van der Waals surface area contributed by atoms with Gasteiger partial charge in [0.15, 0.2) is 0 Å². The Morgan fingerprint density at radius 1 is 1.12 bits per heavy atom. The van der Waals surface area contributed by atoms with Crippen LogP contribution in [0.4, 0.5) is 5.69 Å². The second-order valence-corrected chi connectivity index (χ2v) is 5.90. The van der Waals surface area contributed by atoms with Crippen LogP contribution in [0.1, 0.15) is 18.2 Å². The summed E-state index contributed by atoms with van der Waals surface area (Å²) >= 11 is 0. The first-order chi connectivity index (χ1) is 12.3. The zero-order valence-electron chi connectivity index (χ0n) is 13.8. The maximum Gasteiger partial charge on any atom is 0.232 e. The quantitative estimate of drug-likeness (QED) is 0.732. The summed E-state index contributed by atoms with van der Waals surface area (Å²) in [4.78, 5) is 18.7. The van der Waals surface area contributed by atoms with Crippen LogP contribution in [0.5, 0.6) is 5.75 Å². The Bertz CT molecular complexity index is 892. The number of para-hydroxylation sites is 2. The minimum atomic E-state index is -0.123. The first kappa shape index (κ1) is 15.4. The summed E-state index contributed by atoms with van der Waals surface area (Å²) in [7, 11) is 1.60. The minimum Gasteiger partial charge on any atom is -0.495 e. The monoisotopic (exact) mass is 335 g/mol. The number of hydrogen-bond acceptors (Lipinski definition) is 5. The van der Waals surface area contributed by atoms with Crippen molar-refractivity contribution in [2.24, 2.45) is 0 Å². The summed E-state index contributed by atoms with van der Waals surface area (Å²) in [5.41, 5.74) is 1.66. The van der Waals surface area contributed by atoms with Crippen LogP contribution >= 0.6 is 0 Å². The predicted octanol–water partition coefficient (Wildman–Crippen LogP) is 3.27. The molecule has 25 heavy (non-hydrogen) atoms. The first-order valence-electron chi connectivity index (χ1n) is 8.08. The molecule has 4 rings (SSSR count). The minimum absolute atomic E-state index is 0.0222. The number of nitrogens with zero attached hydrogens (tertiary/aromatic N) is 3. The fourth-order valence-electron chi connectivity index (χ4n) is 3.06. The lowest BCUT2D eigenvalue weighted by atomic mass is 10.1. The Kier molecular flexibility index (Phi) is 3.93. The molecule has 3 aromatic rings. The number of amides is 1. The van der Waals surface area contributed by atoms with Crippen LogP contribution < -0.4 is 9.64 Å². The normalized spacial score (nSPS) is 17.1. The third-order valence-corrected chi connectivity index (χ3v) is 4.32. The highest BCUT2D eigenvalue weighted by atomic mass is 16.5. The van der Waals surface area contributed by atoms with Gasteiger partial charge in [0.2, 0.25) is 17.6 Å². The van der Waals surface area contributed by atoms with Crippen LogP contribution in [0.15, 0.2) is 59.1 Å². The molecule has 0 aliphatic carbocycles. The molecule has 1 atom stereocenters.